The van der Waals surface area contributed by atoms with Crippen molar-refractivity contribution in [2.75, 3.05) is 0 Å². The Balaban J connectivity index is 1.53. The van der Waals surface area contributed by atoms with E-state index in [0.717, 1.165) is 34.7 Å². The highest BCUT2D eigenvalue weighted by molar-refractivity contribution is 5.98. The van der Waals surface area contributed by atoms with Crippen LogP contribution in [-0.4, -0.2) is 16.9 Å². The zero-order chi connectivity index (χ0) is 14.2. The number of pyridine rings is 1. The third-order valence-corrected chi connectivity index (χ3v) is 5.26. The van der Waals surface area contributed by atoms with Gasteiger partial charge in [-0.1, -0.05) is 18.9 Å². The molecule has 0 bridgehead atoms. The Morgan fingerprint density at radius 3 is 3.05 bits per heavy atom. The number of amides is 1. The number of fused-ring (bicyclic) bond motifs is 2. The van der Waals surface area contributed by atoms with Crippen molar-refractivity contribution in [3.05, 3.63) is 42.1 Å². The molecule has 1 heterocycles. The zero-order valence-electron chi connectivity index (χ0n) is 12.1. The minimum absolute atomic E-state index is 0.0679. The van der Waals surface area contributed by atoms with Crippen LogP contribution in [-0.2, 0) is 0 Å². The van der Waals surface area contributed by atoms with Crippen LogP contribution in [0.2, 0.25) is 0 Å². The molecule has 2 aliphatic rings. The number of aromatic nitrogens is 1. The average Bonchev–Trinajstić information content (AvgIpc) is 3.12. The van der Waals surface area contributed by atoms with Crippen molar-refractivity contribution in [1.29, 1.82) is 0 Å². The molecule has 1 aromatic carbocycles. The second-order valence-corrected chi connectivity index (χ2v) is 6.42. The first-order valence-electron chi connectivity index (χ1n) is 7.97. The fraction of sp³-hybridized carbons (Fsp3) is 0.444. The number of benzene rings is 1. The van der Waals surface area contributed by atoms with E-state index in [0.29, 0.717) is 6.04 Å². The van der Waals surface area contributed by atoms with Crippen molar-refractivity contribution in [2.24, 2.45) is 11.8 Å². The maximum atomic E-state index is 12.5. The zero-order valence-corrected chi connectivity index (χ0v) is 12.1. The fourth-order valence-electron chi connectivity index (χ4n) is 4.21. The maximum Gasteiger partial charge on any atom is 0.251 e. The lowest BCUT2D eigenvalue weighted by atomic mass is 9.97. The third-order valence-electron chi connectivity index (χ3n) is 5.26. The highest BCUT2D eigenvalue weighted by Crippen LogP contribution is 2.44. The van der Waals surface area contributed by atoms with Gasteiger partial charge in [-0.2, -0.15) is 0 Å². The van der Waals surface area contributed by atoms with E-state index in [9.17, 15) is 4.79 Å². The molecule has 3 atom stereocenters. The van der Waals surface area contributed by atoms with Crippen LogP contribution in [0.25, 0.3) is 10.9 Å². The minimum Gasteiger partial charge on any atom is -0.349 e. The molecule has 0 unspecified atom stereocenters. The number of hydrogen-bond acceptors (Lipinski definition) is 2. The first kappa shape index (κ1) is 12.8. The van der Waals surface area contributed by atoms with Crippen LogP contribution in [0.5, 0.6) is 0 Å². The highest BCUT2D eigenvalue weighted by atomic mass is 16.1. The molecular weight excluding hydrogens is 260 g/mol. The Kier molecular flexibility index (Phi) is 3.13. The molecule has 1 amide bonds. The van der Waals surface area contributed by atoms with Gasteiger partial charge in [0, 0.05) is 23.2 Å². The smallest absolute Gasteiger partial charge is 0.251 e. The van der Waals surface area contributed by atoms with Gasteiger partial charge in [-0.05, 0) is 55.4 Å². The number of carbonyl (C=O) groups excluding carboxylic acids is 1. The van der Waals surface area contributed by atoms with Gasteiger partial charge in [-0.15, -0.1) is 0 Å². The molecule has 0 saturated heterocycles. The highest BCUT2D eigenvalue weighted by Gasteiger charge is 2.39. The van der Waals surface area contributed by atoms with Crippen molar-refractivity contribution in [3.8, 4) is 0 Å². The normalized spacial score (nSPS) is 27.7. The summed E-state index contributed by atoms with van der Waals surface area (Å²) in [5.74, 6) is 1.64. The van der Waals surface area contributed by atoms with Gasteiger partial charge in [-0.25, -0.2) is 0 Å². The predicted octanol–water partition coefficient (Wildman–Crippen LogP) is 3.54. The Morgan fingerprint density at radius 2 is 2.10 bits per heavy atom. The van der Waals surface area contributed by atoms with Gasteiger partial charge in [0.25, 0.3) is 5.91 Å². The van der Waals surface area contributed by atoms with Crippen LogP contribution in [0.1, 0.15) is 42.5 Å². The number of carbonyl (C=O) groups is 1. The van der Waals surface area contributed by atoms with Gasteiger partial charge in [0.1, 0.15) is 0 Å². The number of nitrogens with one attached hydrogen (secondary N) is 1. The molecule has 0 radical (unpaired) electrons. The largest absolute Gasteiger partial charge is 0.349 e. The predicted molar refractivity (Wildman–Crippen MR) is 83.1 cm³/mol. The van der Waals surface area contributed by atoms with Crippen LogP contribution in [0.4, 0.5) is 0 Å². The second-order valence-electron chi connectivity index (χ2n) is 6.42. The number of hydrogen-bond donors (Lipinski definition) is 1. The summed E-state index contributed by atoms with van der Waals surface area (Å²) in [7, 11) is 0. The molecule has 3 heteroatoms. The summed E-state index contributed by atoms with van der Waals surface area (Å²) in [6, 6.07) is 10.0. The lowest BCUT2D eigenvalue weighted by Gasteiger charge is -2.20. The molecule has 2 saturated carbocycles. The van der Waals surface area contributed by atoms with Crippen LogP contribution in [0, 0.1) is 11.8 Å². The summed E-state index contributed by atoms with van der Waals surface area (Å²) < 4.78 is 0. The maximum absolute atomic E-state index is 12.5. The van der Waals surface area contributed by atoms with Crippen molar-refractivity contribution in [1.82, 2.24) is 10.3 Å². The third kappa shape index (κ3) is 2.31. The SMILES string of the molecule is O=C(N[C@@H]1CC[C@H]2CCC[C@H]21)c1ccc2ncccc2c1. The molecule has 1 N–H and O–H groups in total. The summed E-state index contributed by atoms with van der Waals surface area (Å²) in [4.78, 5) is 16.8. The molecular formula is C18H20N2O. The summed E-state index contributed by atoms with van der Waals surface area (Å²) in [5, 5.41) is 4.30. The average molecular weight is 280 g/mol. The summed E-state index contributed by atoms with van der Waals surface area (Å²) in [6.07, 6.45) is 8.20. The quantitative estimate of drug-likeness (QED) is 0.914. The summed E-state index contributed by atoms with van der Waals surface area (Å²) in [5.41, 5.74) is 1.68. The molecule has 0 aliphatic heterocycles. The molecule has 21 heavy (non-hydrogen) atoms. The topological polar surface area (TPSA) is 42.0 Å². The molecule has 2 fully saturated rings. The molecule has 3 nitrogen and oxygen atoms in total. The molecule has 4 rings (SSSR count). The van der Waals surface area contributed by atoms with Crippen molar-refractivity contribution >= 4 is 16.8 Å². The van der Waals surface area contributed by atoms with E-state index in [1.165, 1.54) is 25.7 Å². The first-order chi connectivity index (χ1) is 10.3. The minimum atomic E-state index is 0.0679. The Morgan fingerprint density at radius 1 is 1.14 bits per heavy atom. The Bertz CT molecular complexity index is 682. The Labute approximate surface area is 124 Å². The van der Waals surface area contributed by atoms with Gasteiger partial charge in [0.2, 0.25) is 0 Å². The van der Waals surface area contributed by atoms with E-state index in [1.807, 2.05) is 30.3 Å². The number of nitrogens with zero attached hydrogens (tertiary/aromatic N) is 1. The fourth-order valence-corrected chi connectivity index (χ4v) is 4.21. The van der Waals surface area contributed by atoms with E-state index in [1.54, 1.807) is 6.20 Å². The van der Waals surface area contributed by atoms with Crippen molar-refractivity contribution < 1.29 is 4.79 Å². The lowest BCUT2D eigenvalue weighted by Crippen LogP contribution is -2.37. The molecule has 2 aliphatic carbocycles. The Hall–Kier alpha value is -1.90. The van der Waals surface area contributed by atoms with Crippen molar-refractivity contribution in [3.63, 3.8) is 0 Å². The van der Waals surface area contributed by atoms with Crippen LogP contribution in [0.15, 0.2) is 36.5 Å². The molecule has 1 aromatic heterocycles. The monoisotopic (exact) mass is 280 g/mol. The van der Waals surface area contributed by atoms with E-state index in [4.69, 9.17) is 0 Å². The van der Waals surface area contributed by atoms with Gasteiger partial charge in [0.15, 0.2) is 0 Å². The first-order valence-corrected chi connectivity index (χ1v) is 7.97. The number of rotatable bonds is 2. The van der Waals surface area contributed by atoms with Gasteiger partial charge in [0.05, 0.1) is 5.52 Å². The van der Waals surface area contributed by atoms with E-state index >= 15 is 0 Å². The summed E-state index contributed by atoms with van der Waals surface area (Å²) >= 11 is 0. The standard InChI is InChI=1S/C18H20N2O/c21-18(20-17-9-6-12-3-1-5-15(12)17)14-7-8-16-13(11-14)4-2-10-19-16/h2,4,7-8,10-12,15,17H,1,3,5-6,9H2,(H,20,21)/t12-,15-,17-/m1/s1. The van der Waals surface area contributed by atoms with Gasteiger partial charge in [-0.3, -0.25) is 9.78 Å². The van der Waals surface area contributed by atoms with Crippen LogP contribution < -0.4 is 5.32 Å². The van der Waals surface area contributed by atoms with E-state index in [-0.39, 0.29) is 5.91 Å². The van der Waals surface area contributed by atoms with Gasteiger partial charge >= 0.3 is 0 Å². The molecule has 108 valence electrons. The second kappa shape index (κ2) is 5.14. The van der Waals surface area contributed by atoms with E-state index in [2.05, 4.69) is 10.3 Å². The van der Waals surface area contributed by atoms with E-state index < -0.39 is 0 Å². The lowest BCUT2D eigenvalue weighted by molar-refractivity contribution is 0.0926. The molecule has 2 aromatic rings. The van der Waals surface area contributed by atoms with Gasteiger partial charge < -0.3 is 5.32 Å². The van der Waals surface area contributed by atoms with Crippen LogP contribution >= 0.6 is 0 Å². The van der Waals surface area contributed by atoms with Crippen molar-refractivity contribution in [2.45, 2.75) is 38.1 Å². The van der Waals surface area contributed by atoms with Crippen LogP contribution in [0.3, 0.4) is 0 Å². The summed E-state index contributed by atoms with van der Waals surface area (Å²) in [6.45, 7) is 0. The molecule has 0 spiro atoms.